The highest BCUT2D eigenvalue weighted by molar-refractivity contribution is 5.75. The molecule has 0 aromatic rings. The molecule has 1 saturated heterocycles. The fourth-order valence-corrected chi connectivity index (χ4v) is 1.42. The third-order valence-electron chi connectivity index (χ3n) is 2.44. The third-order valence-corrected chi connectivity index (χ3v) is 2.44. The van der Waals surface area contributed by atoms with Crippen LogP contribution in [0.15, 0.2) is 0 Å². The molecular weight excluding hydrogens is 190 g/mol. The highest BCUT2D eigenvalue weighted by Gasteiger charge is 2.28. The van der Waals surface area contributed by atoms with Crippen LogP contribution in [0.2, 0.25) is 0 Å². The van der Waals surface area contributed by atoms with Crippen molar-refractivity contribution in [3.63, 3.8) is 0 Å². The van der Waals surface area contributed by atoms with Crippen molar-refractivity contribution in [1.29, 1.82) is 0 Å². The Morgan fingerprint density at radius 2 is 2.20 bits per heavy atom. The van der Waals surface area contributed by atoms with Crippen LogP contribution in [0.3, 0.4) is 0 Å². The van der Waals surface area contributed by atoms with Crippen LogP contribution in [-0.2, 0) is 9.63 Å². The lowest BCUT2D eigenvalue weighted by molar-refractivity contribution is -0.206. The van der Waals surface area contributed by atoms with E-state index in [1.165, 1.54) is 0 Å². The standard InChI is InChI=1S/C12H19NO2/c1-5-10-7-6-8-13(9-10)15-11(14)12(2,3)4/h1,10H,6-9H2,2-4H3. The van der Waals surface area contributed by atoms with Crippen LogP contribution in [0.5, 0.6) is 0 Å². The summed E-state index contributed by atoms with van der Waals surface area (Å²) in [6.07, 6.45) is 7.39. The van der Waals surface area contributed by atoms with Crippen molar-refractivity contribution in [2.45, 2.75) is 33.6 Å². The van der Waals surface area contributed by atoms with Gasteiger partial charge in [0, 0.05) is 19.0 Å². The number of rotatable bonds is 1. The van der Waals surface area contributed by atoms with Gasteiger partial charge in [0.25, 0.3) is 0 Å². The van der Waals surface area contributed by atoms with Crippen molar-refractivity contribution in [3.05, 3.63) is 0 Å². The summed E-state index contributed by atoms with van der Waals surface area (Å²) in [5.74, 6) is 2.73. The van der Waals surface area contributed by atoms with E-state index in [1.807, 2.05) is 20.8 Å². The van der Waals surface area contributed by atoms with E-state index >= 15 is 0 Å². The zero-order valence-electron chi connectivity index (χ0n) is 9.75. The average molecular weight is 209 g/mol. The monoisotopic (exact) mass is 209 g/mol. The molecule has 0 aliphatic carbocycles. The summed E-state index contributed by atoms with van der Waals surface area (Å²) >= 11 is 0. The Kier molecular flexibility index (Phi) is 3.76. The Balaban J connectivity index is 2.46. The third kappa shape index (κ3) is 3.56. The number of hydrogen-bond acceptors (Lipinski definition) is 3. The number of hydroxylamine groups is 2. The minimum Gasteiger partial charge on any atom is -0.367 e. The summed E-state index contributed by atoms with van der Waals surface area (Å²) in [6.45, 7) is 6.99. The molecule has 15 heavy (non-hydrogen) atoms. The second-order valence-electron chi connectivity index (χ2n) is 5.02. The average Bonchev–Trinajstić information content (AvgIpc) is 2.16. The van der Waals surface area contributed by atoms with E-state index in [-0.39, 0.29) is 11.9 Å². The van der Waals surface area contributed by atoms with E-state index in [0.717, 1.165) is 19.4 Å². The van der Waals surface area contributed by atoms with Gasteiger partial charge in [-0.1, -0.05) is 0 Å². The van der Waals surface area contributed by atoms with Gasteiger partial charge in [0.15, 0.2) is 0 Å². The van der Waals surface area contributed by atoms with E-state index in [4.69, 9.17) is 11.3 Å². The van der Waals surface area contributed by atoms with Crippen molar-refractivity contribution in [1.82, 2.24) is 5.06 Å². The Morgan fingerprint density at radius 3 is 2.73 bits per heavy atom. The van der Waals surface area contributed by atoms with Gasteiger partial charge in [-0.3, -0.25) is 0 Å². The summed E-state index contributed by atoms with van der Waals surface area (Å²) in [5.41, 5.74) is -0.455. The van der Waals surface area contributed by atoms with Crippen molar-refractivity contribution >= 4 is 5.97 Å². The molecule has 0 spiro atoms. The van der Waals surface area contributed by atoms with E-state index in [1.54, 1.807) is 5.06 Å². The molecule has 1 aliphatic heterocycles. The van der Waals surface area contributed by atoms with Gasteiger partial charge in [0.05, 0.1) is 5.41 Å². The number of nitrogens with zero attached hydrogens (tertiary/aromatic N) is 1. The van der Waals surface area contributed by atoms with Gasteiger partial charge >= 0.3 is 5.97 Å². The lowest BCUT2D eigenvalue weighted by atomic mass is 9.97. The number of carbonyl (C=O) groups is 1. The molecule has 0 aromatic carbocycles. The van der Waals surface area contributed by atoms with E-state index in [0.29, 0.717) is 6.54 Å². The molecule has 0 aromatic heterocycles. The molecule has 3 nitrogen and oxygen atoms in total. The number of terminal acetylenes is 1. The molecule has 1 fully saturated rings. The first-order valence-electron chi connectivity index (χ1n) is 5.37. The van der Waals surface area contributed by atoms with Gasteiger partial charge in [-0.15, -0.1) is 17.4 Å². The molecule has 1 aliphatic rings. The Morgan fingerprint density at radius 1 is 1.53 bits per heavy atom. The van der Waals surface area contributed by atoms with Crippen molar-refractivity contribution in [2.75, 3.05) is 13.1 Å². The van der Waals surface area contributed by atoms with Gasteiger partial charge in [0.1, 0.15) is 0 Å². The van der Waals surface area contributed by atoms with Gasteiger partial charge in [-0.05, 0) is 33.6 Å². The molecule has 84 valence electrons. The Bertz CT molecular complexity index is 272. The lowest BCUT2D eigenvalue weighted by Crippen LogP contribution is -2.39. The minimum atomic E-state index is -0.455. The maximum absolute atomic E-state index is 11.6. The first kappa shape index (κ1) is 12.1. The molecule has 0 amide bonds. The summed E-state index contributed by atoms with van der Waals surface area (Å²) in [7, 11) is 0. The fourth-order valence-electron chi connectivity index (χ4n) is 1.42. The zero-order valence-corrected chi connectivity index (χ0v) is 9.75. The van der Waals surface area contributed by atoms with Crippen LogP contribution in [0.1, 0.15) is 33.6 Å². The lowest BCUT2D eigenvalue weighted by Gasteiger charge is -2.30. The first-order chi connectivity index (χ1) is 6.93. The molecule has 0 saturated carbocycles. The molecule has 1 unspecified atom stereocenters. The number of piperidine rings is 1. The maximum atomic E-state index is 11.6. The van der Waals surface area contributed by atoms with E-state index in [2.05, 4.69) is 5.92 Å². The molecule has 1 rings (SSSR count). The van der Waals surface area contributed by atoms with Crippen molar-refractivity contribution in [3.8, 4) is 12.3 Å². The molecule has 1 atom stereocenters. The highest BCUT2D eigenvalue weighted by Crippen LogP contribution is 2.20. The van der Waals surface area contributed by atoms with Crippen LogP contribution in [0, 0.1) is 23.7 Å². The van der Waals surface area contributed by atoms with E-state index < -0.39 is 5.41 Å². The summed E-state index contributed by atoms with van der Waals surface area (Å²) in [6, 6.07) is 0. The maximum Gasteiger partial charge on any atom is 0.330 e. The first-order valence-corrected chi connectivity index (χ1v) is 5.37. The van der Waals surface area contributed by atoms with Gasteiger partial charge < -0.3 is 4.84 Å². The number of carbonyl (C=O) groups excluding carboxylic acids is 1. The van der Waals surface area contributed by atoms with Crippen LogP contribution in [0.25, 0.3) is 0 Å². The second kappa shape index (κ2) is 4.67. The predicted molar refractivity (Wildman–Crippen MR) is 58.7 cm³/mol. The predicted octanol–water partition coefficient (Wildman–Crippen LogP) is 1.84. The van der Waals surface area contributed by atoms with Crippen LogP contribution >= 0.6 is 0 Å². The second-order valence-corrected chi connectivity index (χ2v) is 5.02. The molecule has 0 radical (unpaired) electrons. The SMILES string of the molecule is C#CC1CCCN(OC(=O)C(C)(C)C)C1. The minimum absolute atomic E-state index is 0.194. The van der Waals surface area contributed by atoms with Crippen LogP contribution in [0.4, 0.5) is 0 Å². The summed E-state index contributed by atoms with van der Waals surface area (Å²) < 4.78 is 0. The summed E-state index contributed by atoms with van der Waals surface area (Å²) in [5, 5.41) is 1.70. The topological polar surface area (TPSA) is 29.5 Å². The normalized spacial score (nSPS) is 23.2. The van der Waals surface area contributed by atoms with Crippen molar-refractivity contribution < 1.29 is 9.63 Å². The quantitative estimate of drug-likeness (QED) is 0.617. The number of hydrogen-bond donors (Lipinski definition) is 0. The molecule has 1 heterocycles. The Hall–Kier alpha value is -1.01. The van der Waals surface area contributed by atoms with Gasteiger partial charge in [-0.25, -0.2) is 4.79 Å². The van der Waals surface area contributed by atoms with Crippen LogP contribution < -0.4 is 0 Å². The van der Waals surface area contributed by atoms with Crippen LogP contribution in [-0.4, -0.2) is 24.1 Å². The smallest absolute Gasteiger partial charge is 0.330 e. The van der Waals surface area contributed by atoms with Crippen molar-refractivity contribution in [2.24, 2.45) is 11.3 Å². The zero-order chi connectivity index (χ0) is 11.5. The molecular formula is C12H19NO2. The van der Waals surface area contributed by atoms with Gasteiger partial charge in [0.2, 0.25) is 0 Å². The summed E-state index contributed by atoms with van der Waals surface area (Å²) in [4.78, 5) is 16.9. The largest absolute Gasteiger partial charge is 0.367 e. The fraction of sp³-hybridized carbons (Fsp3) is 0.750. The molecule has 3 heteroatoms. The van der Waals surface area contributed by atoms with E-state index in [9.17, 15) is 4.79 Å². The Labute approximate surface area is 91.7 Å². The van der Waals surface area contributed by atoms with Gasteiger partial charge in [-0.2, -0.15) is 0 Å². The highest BCUT2D eigenvalue weighted by atomic mass is 16.7. The molecule has 0 N–H and O–H groups in total. The molecule has 0 bridgehead atoms.